The molecule has 2 aromatic carbocycles. The van der Waals surface area contributed by atoms with Crippen molar-refractivity contribution in [2.75, 3.05) is 10.8 Å². The van der Waals surface area contributed by atoms with Gasteiger partial charge in [0.05, 0.1) is 17.0 Å². The zero-order valence-electron chi connectivity index (χ0n) is 11.5. The topological polar surface area (TPSA) is 74.7 Å². The minimum atomic E-state index is -3.83. The molecule has 0 fully saturated rings. The Morgan fingerprint density at radius 2 is 1.64 bits per heavy atom. The van der Waals surface area contributed by atoms with Crippen molar-refractivity contribution in [2.45, 2.75) is 11.3 Å². The van der Waals surface area contributed by atoms with E-state index in [4.69, 9.17) is 5.11 Å². The summed E-state index contributed by atoms with van der Waals surface area (Å²) in [6.45, 7) is -0.144. The molecule has 0 amide bonds. The van der Waals surface area contributed by atoms with Crippen LogP contribution in [-0.4, -0.2) is 26.0 Å². The number of carboxylic acid groups (broad SMARTS) is 1. The van der Waals surface area contributed by atoms with Crippen molar-refractivity contribution in [1.29, 1.82) is 0 Å². The number of hydrogen-bond acceptors (Lipinski definition) is 3. The maximum Gasteiger partial charge on any atom is 0.305 e. The molecule has 0 aromatic heterocycles. The van der Waals surface area contributed by atoms with Gasteiger partial charge in [-0.3, -0.25) is 9.10 Å². The lowest BCUT2D eigenvalue weighted by Gasteiger charge is -2.25. The molecule has 0 radical (unpaired) electrons. The molecule has 1 N–H and O–H groups in total. The van der Waals surface area contributed by atoms with Gasteiger partial charge in [0.15, 0.2) is 0 Å². The maximum absolute atomic E-state index is 12.8. The number of anilines is 1. The van der Waals surface area contributed by atoms with E-state index in [1.807, 2.05) is 0 Å². The predicted molar refractivity (Wildman–Crippen MR) is 87.4 cm³/mol. The van der Waals surface area contributed by atoms with Crippen molar-refractivity contribution in [3.8, 4) is 0 Å². The highest BCUT2D eigenvalue weighted by Gasteiger charge is 2.26. The van der Waals surface area contributed by atoms with E-state index in [0.29, 0.717) is 10.2 Å². The third-order valence-electron chi connectivity index (χ3n) is 2.98. The molecule has 2 rings (SSSR count). The van der Waals surface area contributed by atoms with E-state index < -0.39 is 16.0 Å². The first-order valence-electron chi connectivity index (χ1n) is 6.47. The molecular weight excluding hydrogens is 370 g/mol. The second-order valence-electron chi connectivity index (χ2n) is 4.49. The Morgan fingerprint density at radius 1 is 1.05 bits per heavy atom. The number of sulfonamides is 1. The van der Waals surface area contributed by atoms with Crippen LogP contribution in [0.5, 0.6) is 0 Å². The van der Waals surface area contributed by atoms with Crippen LogP contribution in [0.2, 0.25) is 0 Å². The first-order valence-corrected chi connectivity index (χ1v) is 8.70. The second-order valence-corrected chi connectivity index (χ2v) is 7.20. The zero-order valence-corrected chi connectivity index (χ0v) is 13.9. The van der Waals surface area contributed by atoms with E-state index >= 15 is 0 Å². The molecule has 0 bridgehead atoms. The van der Waals surface area contributed by atoms with Crippen LogP contribution in [0.3, 0.4) is 0 Å². The molecule has 0 heterocycles. The van der Waals surface area contributed by atoms with Gasteiger partial charge < -0.3 is 5.11 Å². The van der Waals surface area contributed by atoms with Gasteiger partial charge in [0, 0.05) is 11.0 Å². The molecule has 0 atom stereocenters. The number of rotatable bonds is 6. The minimum absolute atomic E-state index is 0.121. The van der Waals surface area contributed by atoms with Gasteiger partial charge >= 0.3 is 5.97 Å². The van der Waals surface area contributed by atoms with Crippen molar-refractivity contribution in [3.05, 3.63) is 59.1 Å². The summed E-state index contributed by atoms with van der Waals surface area (Å²) in [5, 5.41) is 8.88. The summed E-state index contributed by atoms with van der Waals surface area (Å²) < 4.78 is 27.3. The lowest BCUT2D eigenvalue weighted by molar-refractivity contribution is -0.136. The number of halogens is 1. The van der Waals surface area contributed by atoms with Crippen LogP contribution >= 0.6 is 15.9 Å². The molecule has 0 unspecified atom stereocenters. The smallest absolute Gasteiger partial charge is 0.305 e. The number of carboxylic acids is 1. The van der Waals surface area contributed by atoms with E-state index in [2.05, 4.69) is 15.9 Å². The molecule has 0 spiro atoms. The van der Waals surface area contributed by atoms with Crippen molar-refractivity contribution in [2.24, 2.45) is 0 Å². The van der Waals surface area contributed by atoms with Crippen LogP contribution in [-0.2, 0) is 14.8 Å². The number of para-hydroxylation sites is 1. The fourth-order valence-electron chi connectivity index (χ4n) is 1.94. The quantitative estimate of drug-likeness (QED) is 0.831. The molecule has 0 aliphatic carbocycles. The molecule has 2 aromatic rings. The average Bonchev–Trinajstić information content (AvgIpc) is 2.49. The summed E-state index contributed by atoms with van der Waals surface area (Å²) in [4.78, 5) is 11.0. The second kappa shape index (κ2) is 6.93. The monoisotopic (exact) mass is 383 g/mol. The molecule has 5 nitrogen and oxygen atoms in total. The van der Waals surface area contributed by atoms with Crippen LogP contribution in [0.1, 0.15) is 6.42 Å². The van der Waals surface area contributed by atoms with Crippen LogP contribution in [0.15, 0.2) is 64.0 Å². The lowest BCUT2D eigenvalue weighted by Crippen LogP contribution is -2.33. The Bertz CT molecular complexity index is 762. The molecule has 0 aliphatic rings. The van der Waals surface area contributed by atoms with Crippen LogP contribution in [0.4, 0.5) is 5.69 Å². The van der Waals surface area contributed by atoms with Crippen molar-refractivity contribution >= 4 is 37.6 Å². The number of nitrogens with zero attached hydrogens (tertiary/aromatic N) is 1. The molecule has 7 heteroatoms. The summed E-state index contributed by atoms with van der Waals surface area (Å²) in [7, 11) is -3.83. The SMILES string of the molecule is O=C(O)CCN(c1ccccc1Br)S(=O)(=O)c1ccccc1. The number of aliphatic carboxylic acids is 1. The van der Waals surface area contributed by atoms with E-state index in [0.717, 1.165) is 4.31 Å². The van der Waals surface area contributed by atoms with Crippen molar-refractivity contribution < 1.29 is 18.3 Å². The van der Waals surface area contributed by atoms with Gasteiger partial charge in [0.2, 0.25) is 0 Å². The zero-order chi connectivity index (χ0) is 16.2. The van der Waals surface area contributed by atoms with Crippen molar-refractivity contribution in [1.82, 2.24) is 0 Å². The fraction of sp³-hybridized carbons (Fsp3) is 0.133. The van der Waals surface area contributed by atoms with E-state index in [-0.39, 0.29) is 17.9 Å². The van der Waals surface area contributed by atoms with Crippen molar-refractivity contribution in [3.63, 3.8) is 0 Å². The summed E-state index contributed by atoms with van der Waals surface area (Å²) in [5.41, 5.74) is 0.410. The Morgan fingerprint density at radius 3 is 2.23 bits per heavy atom. The van der Waals surface area contributed by atoms with Gasteiger partial charge in [-0.1, -0.05) is 30.3 Å². The molecule has 116 valence electrons. The molecule has 0 saturated carbocycles. The van der Waals surface area contributed by atoms with Gasteiger partial charge in [0.1, 0.15) is 0 Å². The van der Waals surface area contributed by atoms with Gasteiger partial charge in [0.25, 0.3) is 10.0 Å². The number of hydrogen-bond donors (Lipinski definition) is 1. The third kappa shape index (κ3) is 3.66. The molecule has 0 saturated heterocycles. The molecule has 22 heavy (non-hydrogen) atoms. The first-order chi connectivity index (χ1) is 10.4. The predicted octanol–water partition coefficient (Wildman–Crippen LogP) is 3.12. The van der Waals surface area contributed by atoms with Gasteiger partial charge in [-0.25, -0.2) is 8.42 Å². The number of benzene rings is 2. The Balaban J connectivity index is 2.49. The minimum Gasteiger partial charge on any atom is -0.481 e. The Kier molecular flexibility index (Phi) is 5.20. The normalized spacial score (nSPS) is 11.1. The summed E-state index contributed by atoms with van der Waals surface area (Å²) in [5.74, 6) is -1.06. The van der Waals surface area contributed by atoms with Crippen LogP contribution in [0.25, 0.3) is 0 Å². The summed E-state index contributed by atoms with van der Waals surface area (Å²) in [6, 6.07) is 14.8. The fourth-order valence-corrected chi connectivity index (χ4v) is 4.06. The highest BCUT2D eigenvalue weighted by Crippen LogP contribution is 2.30. The summed E-state index contributed by atoms with van der Waals surface area (Å²) >= 11 is 3.32. The average molecular weight is 384 g/mol. The highest BCUT2D eigenvalue weighted by molar-refractivity contribution is 9.10. The molecule has 0 aliphatic heterocycles. The highest BCUT2D eigenvalue weighted by atomic mass is 79.9. The van der Waals surface area contributed by atoms with E-state index in [1.54, 1.807) is 42.5 Å². The first kappa shape index (κ1) is 16.5. The number of carbonyl (C=O) groups is 1. The maximum atomic E-state index is 12.8. The van der Waals surface area contributed by atoms with Gasteiger partial charge in [-0.15, -0.1) is 0 Å². The standard InChI is InChI=1S/C15H14BrNO4S/c16-13-8-4-5-9-14(13)17(11-10-15(18)19)22(20,21)12-6-2-1-3-7-12/h1-9H,10-11H2,(H,18,19). The lowest BCUT2D eigenvalue weighted by atomic mass is 10.3. The Hall–Kier alpha value is -1.86. The van der Waals surface area contributed by atoms with Gasteiger partial charge in [-0.2, -0.15) is 0 Å². The summed E-state index contributed by atoms with van der Waals surface area (Å²) in [6.07, 6.45) is -0.284. The third-order valence-corrected chi connectivity index (χ3v) is 5.48. The van der Waals surface area contributed by atoms with E-state index in [9.17, 15) is 13.2 Å². The van der Waals surface area contributed by atoms with Crippen LogP contribution < -0.4 is 4.31 Å². The van der Waals surface area contributed by atoms with E-state index in [1.165, 1.54) is 12.1 Å². The molecular formula is C15H14BrNO4S. The largest absolute Gasteiger partial charge is 0.481 e. The van der Waals surface area contributed by atoms with Gasteiger partial charge in [-0.05, 0) is 40.2 Å². The van der Waals surface area contributed by atoms with Crippen LogP contribution in [0, 0.1) is 0 Å². The Labute approximate surface area is 137 Å².